The number of hydrogen-bond acceptors (Lipinski definition) is 3. The van der Waals surface area contributed by atoms with Gasteiger partial charge in [-0.25, -0.2) is 18.4 Å². The minimum atomic E-state index is -2.77. The smallest absolute Gasteiger partial charge is 0.326 e. The summed E-state index contributed by atoms with van der Waals surface area (Å²) in [5.41, 5.74) is 0. The number of carboxylic acids is 2. The number of aliphatic carboxylic acids is 2. The first-order valence-electron chi connectivity index (χ1n) is 4.10. The molecule has 0 saturated carbocycles. The molecule has 7 nitrogen and oxygen atoms in total. The third kappa shape index (κ3) is 6.51. The monoisotopic (exact) mass is 240 g/mol. The molecule has 0 bridgehead atoms. The summed E-state index contributed by atoms with van der Waals surface area (Å²) < 4.78 is 23.3. The second-order valence-electron chi connectivity index (χ2n) is 2.73. The molecule has 2 amide bonds. The van der Waals surface area contributed by atoms with Crippen LogP contribution in [0.2, 0.25) is 0 Å². The topological polar surface area (TPSA) is 116 Å². The third-order valence-electron chi connectivity index (χ3n) is 1.40. The van der Waals surface area contributed by atoms with Crippen LogP contribution in [-0.2, 0) is 9.59 Å². The molecule has 0 aromatic rings. The summed E-state index contributed by atoms with van der Waals surface area (Å²) in [7, 11) is 0. The molecule has 0 rings (SSSR count). The van der Waals surface area contributed by atoms with E-state index in [1.807, 2.05) is 0 Å². The number of alkyl halides is 2. The minimum Gasteiger partial charge on any atom is -0.481 e. The van der Waals surface area contributed by atoms with Crippen molar-refractivity contribution in [2.45, 2.75) is 18.9 Å². The Morgan fingerprint density at radius 1 is 1.19 bits per heavy atom. The molecular formula is C7H10F2N2O5. The van der Waals surface area contributed by atoms with Gasteiger partial charge in [-0.1, -0.05) is 0 Å². The molecule has 0 aliphatic carbocycles. The maximum absolute atomic E-state index is 11.6. The largest absolute Gasteiger partial charge is 0.481 e. The average Bonchev–Trinajstić information content (AvgIpc) is 2.12. The zero-order valence-electron chi connectivity index (χ0n) is 7.94. The molecule has 0 aliphatic heterocycles. The third-order valence-corrected chi connectivity index (χ3v) is 1.40. The van der Waals surface area contributed by atoms with Crippen LogP contribution >= 0.6 is 0 Å². The predicted octanol–water partition coefficient (Wildman–Crippen LogP) is -0.521. The quantitative estimate of drug-likeness (QED) is 0.498. The molecule has 1 unspecified atom stereocenters. The molecule has 0 aromatic heterocycles. The molecular weight excluding hydrogens is 230 g/mol. The number of urea groups is 1. The normalized spacial score (nSPS) is 11.9. The summed E-state index contributed by atoms with van der Waals surface area (Å²) >= 11 is 0. The molecule has 4 N–H and O–H groups in total. The maximum atomic E-state index is 11.6. The summed E-state index contributed by atoms with van der Waals surface area (Å²) in [6.07, 6.45) is -3.61. The lowest BCUT2D eigenvalue weighted by molar-refractivity contribution is -0.145. The molecule has 1 atom stereocenters. The van der Waals surface area contributed by atoms with Crippen LogP contribution in [0.3, 0.4) is 0 Å². The van der Waals surface area contributed by atoms with Gasteiger partial charge < -0.3 is 20.8 Å². The number of amides is 2. The van der Waals surface area contributed by atoms with Crippen molar-refractivity contribution in [1.82, 2.24) is 10.6 Å². The lowest BCUT2D eigenvalue weighted by Crippen LogP contribution is -2.47. The van der Waals surface area contributed by atoms with Crippen LogP contribution in [-0.4, -0.2) is 47.2 Å². The SMILES string of the molecule is O=C(O)CC(NC(=O)NCC(F)F)C(=O)O. The van der Waals surface area contributed by atoms with E-state index < -0.39 is 43.4 Å². The van der Waals surface area contributed by atoms with Gasteiger partial charge in [0, 0.05) is 0 Å². The van der Waals surface area contributed by atoms with Crippen molar-refractivity contribution >= 4 is 18.0 Å². The van der Waals surface area contributed by atoms with Crippen molar-refractivity contribution in [3.8, 4) is 0 Å². The van der Waals surface area contributed by atoms with Crippen LogP contribution < -0.4 is 10.6 Å². The molecule has 0 saturated heterocycles. The van der Waals surface area contributed by atoms with Gasteiger partial charge in [0.15, 0.2) is 0 Å². The highest BCUT2D eigenvalue weighted by Crippen LogP contribution is 1.93. The second-order valence-corrected chi connectivity index (χ2v) is 2.73. The first-order valence-corrected chi connectivity index (χ1v) is 4.10. The van der Waals surface area contributed by atoms with Crippen LogP contribution in [0.5, 0.6) is 0 Å². The molecule has 0 heterocycles. The molecule has 0 spiro atoms. The van der Waals surface area contributed by atoms with Crippen LogP contribution in [0.4, 0.5) is 13.6 Å². The van der Waals surface area contributed by atoms with Crippen molar-refractivity contribution < 1.29 is 33.4 Å². The van der Waals surface area contributed by atoms with E-state index in [2.05, 4.69) is 0 Å². The van der Waals surface area contributed by atoms with Crippen molar-refractivity contribution in [1.29, 1.82) is 0 Å². The van der Waals surface area contributed by atoms with E-state index in [9.17, 15) is 23.2 Å². The van der Waals surface area contributed by atoms with Crippen LogP contribution in [0.25, 0.3) is 0 Å². The molecule has 0 aliphatic rings. The first kappa shape index (κ1) is 14.1. The van der Waals surface area contributed by atoms with Gasteiger partial charge in [-0.2, -0.15) is 0 Å². The van der Waals surface area contributed by atoms with Gasteiger partial charge in [0.05, 0.1) is 13.0 Å². The van der Waals surface area contributed by atoms with Crippen molar-refractivity contribution in [2.24, 2.45) is 0 Å². The highest BCUT2D eigenvalue weighted by molar-refractivity contribution is 5.86. The van der Waals surface area contributed by atoms with Gasteiger partial charge in [-0.15, -0.1) is 0 Å². The minimum absolute atomic E-state index is 0.836. The molecule has 16 heavy (non-hydrogen) atoms. The van der Waals surface area contributed by atoms with Crippen LogP contribution in [0, 0.1) is 0 Å². The van der Waals surface area contributed by atoms with E-state index in [1.54, 1.807) is 10.6 Å². The molecule has 92 valence electrons. The van der Waals surface area contributed by atoms with E-state index >= 15 is 0 Å². The molecule has 0 fully saturated rings. The number of halogens is 2. The second kappa shape index (κ2) is 6.53. The Bertz CT molecular complexity index is 284. The average molecular weight is 240 g/mol. The number of hydrogen-bond donors (Lipinski definition) is 4. The summed E-state index contributed by atoms with van der Waals surface area (Å²) in [6, 6.07) is -2.82. The number of nitrogens with one attached hydrogen (secondary N) is 2. The number of rotatable bonds is 6. The first-order chi connectivity index (χ1) is 7.32. The van der Waals surface area contributed by atoms with Crippen LogP contribution in [0.1, 0.15) is 6.42 Å². The van der Waals surface area contributed by atoms with E-state index in [4.69, 9.17) is 10.2 Å². The van der Waals surface area contributed by atoms with Gasteiger partial charge in [-0.3, -0.25) is 4.79 Å². The lowest BCUT2D eigenvalue weighted by Gasteiger charge is -2.12. The summed E-state index contributed by atoms with van der Waals surface area (Å²) in [4.78, 5) is 31.5. The van der Waals surface area contributed by atoms with E-state index in [-0.39, 0.29) is 0 Å². The van der Waals surface area contributed by atoms with Gasteiger partial charge in [-0.05, 0) is 0 Å². The Labute approximate surface area is 88.4 Å². The predicted molar refractivity (Wildman–Crippen MR) is 46.2 cm³/mol. The standard InChI is InChI=1S/C7H10F2N2O5/c8-4(9)2-10-7(16)11-3(6(14)15)1-5(12)13/h3-4H,1-2H2,(H,12,13)(H,14,15)(H2,10,11,16). The number of carbonyl (C=O) groups excluding carboxylic acids is 1. The summed E-state index contributed by atoms with van der Waals surface area (Å²) in [5.74, 6) is -2.99. The fourth-order valence-corrected chi connectivity index (χ4v) is 0.754. The maximum Gasteiger partial charge on any atom is 0.326 e. The van der Waals surface area contributed by atoms with Gasteiger partial charge in [0.25, 0.3) is 6.43 Å². The Hall–Kier alpha value is -1.93. The van der Waals surface area contributed by atoms with E-state index in [0.29, 0.717) is 0 Å². The Morgan fingerprint density at radius 2 is 1.75 bits per heavy atom. The summed E-state index contributed by atoms with van der Waals surface area (Å²) in [6.45, 7) is -0.939. The Kier molecular flexibility index (Phi) is 5.75. The zero-order valence-corrected chi connectivity index (χ0v) is 7.94. The fourth-order valence-electron chi connectivity index (χ4n) is 0.754. The number of carbonyl (C=O) groups is 3. The van der Waals surface area contributed by atoms with Crippen LogP contribution in [0.15, 0.2) is 0 Å². The highest BCUT2D eigenvalue weighted by atomic mass is 19.3. The van der Waals surface area contributed by atoms with Gasteiger partial charge in [0.1, 0.15) is 6.04 Å². The lowest BCUT2D eigenvalue weighted by atomic mass is 10.2. The number of carboxylic acid groups (broad SMARTS) is 2. The fraction of sp³-hybridized carbons (Fsp3) is 0.571. The molecule has 9 heteroatoms. The summed E-state index contributed by atoms with van der Waals surface area (Å²) in [5, 5.41) is 20.2. The molecule has 0 radical (unpaired) electrons. The Balaban J connectivity index is 4.13. The Morgan fingerprint density at radius 3 is 2.12 bits per heavy atom. The van der Waals surface area contributed by atoms with Crippen molar-refractivity contribution in [2.75, 3.05) is 6.54 Å². The van der Waals surface area contributed by atoms with Crippen molar-refractivity contribution in [3.63, 3.8) is 0 Å². The van der Waals surface area contributed by atoms with Gasteiger partial charge >= 0.3 is 18.0 Å². The van der Waals surface area contributed by atoms with Crippen molar-refractivity contribution in [3.05, 3.63) is 0 Å². The zero-order chi connectivity index (χ0) is 12.7. The van der Waals surface area contributed by atoms with Gasteiger partial charge in [0.2, 0.25) is 0 Å². The van der Waals surface area contributed by atoms with E-state index in [0.717, 1.165) is 0 Å². The van der Waals surface area contributed by atoms with E-state index in [1.165, 1.54) is 0 Å². The highest BCUT2D eigenvalue weighted by Gasteiger charge is 2.23. The molecule has 0 aromatic carbocycles.